The molecule has 0 aliphatic heterocycles. The summed E-state index contributed by atoms with van der Waals surface area (Å²) in [6, 6.07) is 5.14. The summed E-state index contributed by atoms with van der Waals surface area (Å²) in [7, 11) is 5.57. The maximum atomic E-state index is 12.0. The molecule has 5 heteroatoms. The van der Waals surface area contributed by atoms with Crippen LogP contribution in [0.4, 0.5) is 0 Å². The second kappa shape index (κ2) is 9.02. The van der Waals surface area contributed by atoms with Gasteiger partial charge in [0, 0.05) is 12.1 Å². The van der Waals surface area contributed by atoms with E-state index in [1.165, 1.54) is 0 Å². The third-order valence-corrected chi connectivity index (χ3v) is 2.85. The van der Waals surface area contributed by atoms with Crippen molar-refractivity contribution >= 4 is 5.91 Å². The van der Waals surface area contributed by atoms with Gasteiger partial charge in [0.05, 0.1) is 7.11 Å². The molecule has 0 saturated carbocycles. The van der Waals surface area contributed by atoms with Crippen LogP contribution in [0.1, 0.15) is 16.8 Å². The Bertz CT molecular complexity index is 473. The molecule has 0 radical (unpaired) electrons. The molecule has 0 aliphatic carbocycles. The number of hydrogen-bond acceptors (Lipinski definition) is 4. The molecule has 0 saturated heterocycles. The van der Waals surface area contributed by atoms with Crippen molar-refractivity contribution in [3.05, 3.63) is 36.4 Å². The fourth-order valence-corrected chi connectivity index (χ4v) is 1.78. The Balaban J connectivity index is 2.61. The number of hydrogen-bond donors (Lipinski definition) is 1. The molecular weight excluding hydrogens is 268 g/mol. The second-order valence-corrected chi connectivity index (χ2v) is 4.88. The molecule has 0 heterocycles. The Morgan fingerprint density at radius 3 is 2.76 bits per heavy atom. The third-order valence-electron chi connectivity index (χ3n) is 2.85. The van der Waals surface area contributed by atoms with Crippen LogP contribution in [-0.2, 0) is 0 Å². The number of benzene rings is 1. The SMILES string of the molecule is C=CCOc1ccc(C(=O)NCCCN(C)C)cc1OC. The van der Waals surface area contributed by atoms with Gasteiger partial charge >= 0.3 is 0 Å². The summed E-state index contributed by atoms with van der Waals surface area (Å²) in [4.78, 5) is 14.1. The van der Waals surface area contributed by atoms with E-state index in [0.717, 1.165) is 13.0 Å². The number of methoxy groups -OCH3 is 1. The monoisotopic (exact) mass is 292 g/mol. The van der Waals surface area contributed by atoms with Crippen LogP contribution in [0.15, 0.2) is 30.9 Å². The van der Waals surface area contributed by atoms with Gasteiger partial charge in [-0.05, 0) is 45.3 Å². The molecule has 1 aromatic rings. The predicted molar refractivity (Wildman–Crippen MR) is 84.2 cm³/mol. The van der Waals surface area contributed by atoms with Gasteiger partial charge < -0.3 is 19.7 Å². The lowest BCUT2D eigenvalue weighted by atomic mass is 10.2. The zero-order valence-corrected chi connectivity index (χ0v) is 13.0. The maximum Gasteiger partial charge on any atom is 0.251 e. The summed E-state index contributed by atoms with van der Waals surface area (Å²) in [6.45, 7) is 5.58. The number of rotatable bonds is 9. The van der Waals surface area contributed by atoms with Crippen molar-refractivity contribution in [1.29, 1.82) is 0 Å². The van der Waals surface area contributed by atoms with E-state index in [1.807, 2.05) is 14.1 Å². The molecule has 0 bridgehead atoms. The summed E-state index contributed by atoms with van der Waals surface area (Å²) in [5, 5.41) is 2.89. The first kappa shape index (κ1) is 17.0. The van der Waals surface area contributed by atoms with Gasteiger partial charge in [0.25, 0.3) is 5.91 Å². The van der Waals surface area contributed by atoms with E-state index < -0.39 is 0 Å². The molecule has 116 valence electrons. The quantitative estimate of drug-likeness (QED) is 0.558. The third kappa shape index (κ3) is 5.87. The van der Waals surface area contributed by atoms with Gasteiger partial charge in [0.2, 0.25) is 0 Å². The van der Waals surface area contributed by atoms with Crippen LogP contribution in [0, 0.1) is 0 Å². The van der Waals surface area contributed by atoms with E-state index in [1.54, 1.807) is 31.4 Å². The highest BCUT2D eigenvalue weighted by atomic mass is 16.5. The highest BCUT2D eigenvalue weighted by Gasteiger charge is 2.10. The summed E-state index contributed by atoms with van der Waals surface area (Å²) in [5.74, 6) is 1.03. The molecule has 1 amide bonds. The zero-order chi connectivity index (χ0) is 15.7. The van der Waals surface area contributed by atoms with E-state index in [4.69, 9.17) is 9.47 Å². The molecule has 0 spiro atoms. The Kier molecular flexibility index (Phi) is 7.32. The number of nitrogens with zero attached hydrogens (tertiary/aromatic N) is 1. The number of ether oxygens (including phenoxy) is 2. The molecule has 0 aromatic heterocycles. The van der Waals surface area contributed by atoms with Crippen molar-refractivity contribution in [3.63, 3.8) is 0 Å². The fraction of sp³-hybridized carbons (Fsp3) is 0.438. The van der Waals surface area contributed by atoms with E-state index in [-0.39, 0.29) is 5.91 Å². The average molecular weight is 292 g/mol. The number of amides is 1. The number of nitrogens with one attached hydrogen (secondary N) is 1. The molecule has 1 rings (SSSR count). The molecule has 0 unspecified atom stereocenters. The van der Waals surface area contributed by atoms with E-state index in [0.29, 0.717) is 30.2 Å². The summed E-state index contributed by atoms with van der Waals surface area (Å²) in [5.41, 5.74) is 0.558. The molecule has 1 aromatic carbocycles. The highest BCUT2D eigenvalue weighted by molar-refractivity contribution is 5.94. The van der Waals surface area contributed by atoms with Crippen LogP contribution in [0.2, 0.25) is 0 Å². The van der Waals surface area contributed by atoms with Gasteiger partial charge in [-0.2, -0.15) is 0 Å². The first-order valence-electron chi connectivity index (χ1n) is 6.93. The van der Waals surface area contributed by atoms with Gasteiger partial charge in [0.1, 0.15) is 6.61 Å². The van der Waals surface area contributed by atoms with Crippen molar-refractivity contribution in [2.45, 2.75) is 6.42 Å². The van der Waals surface area contributed by atoms with Gasteiger partial charge in [0.15, 0.2) is 11.5 Å². The van der Waals surface area contributed by atoms with Crippen LogP contribution < -0.4 is 14.8 Å². The molecular formula is C16H24N2O3. The van der Waals surface area contributed by atoms with Crippen LogP contribution in [-0.4, -0.2) is 51.7 Å². The lowest BCUT2D eigenvalue weighted by Gasteiger charge is -2.12. The van der Waals surface area contributed by atoms with Crippen molar-refractivity contribution < 1.29 is 14.3 Å². The molecule has 0 fully saturated rings. The molecule has 1 N–H and O–H groups in total. The zero-order valence-electron chi connectivity index (χ0n) is 13.0. The van der Waals surface area contributed by atoms with Crippen LogP contribution in [0.5, 0.6) is 11.5 Å². The minimum atomic E-state index is -0.109. The van der Waals surface area contributed by atoms with Gasteiger partial charge in [-0.15, -0.1) is 0 Å². The average Bonchev–Trinajstić information content (AvgIpc) is 2.48. The van der Waals surface area contributed by atoms with Gasteiger partial charge in [-0.1, -0.05) is 12.7 Å². The number of carbonyl (C=O) groups is 1. The fourth-order valence-electron chi connectivity index (χ4n) is 1.78. The molecule has 0 aliphatic rings. The van der Waals surface area contributed by atoms with E-state index in [9.17, 15) is 4.79 Å². The molecule has 21 heavy (non-hydrogen) atoms. The predicted octanol–water partition coefficient (Wildman–Crippen LogP) is 1.94. The van der Waals surface area contributed by atoms with E-state index >= 15 is 0 Å². The van der Waals surface area contributed by atoms with Crippen LogP contribution in [0.25, 0.3) is 0 Å². The van der Waals surface area contributed by atoms with Crippen LogP contribution in [0.3, 0.4) is 0 Å². The molecule has 0 atom stereocenters. The normalized spacial score (nSPS) is 10.3. The first-order chi connectivity index (χ1) is 10.1. The maximum absolute atomic E-state index is 12.0. The summed E-state index contributed by atoms with van der Waals surface area (Å²) >= 11 is 0. The summed E-state index contributed by atoms with van der Waals surface area (Å²) in [6.07, 6.45) is 2.57. The largest absolute Gasteiger partial charge is 0.493 e. The lowest BCUT2D eigenvalue weighted by molar-refractivity contribution is 0.0952. The Labute approximate surface area is 126 Å². The van der Waals surface area contributed by atoms with Gasteiger partial charge in [-0.3, -0.25) is 4.79 Å². The minimum Gasteiger partial charge on any atom is -0.493 e. The smallest absolute Gasteiger partial charge is 0.251 e. The summed E-state index contributed by atoms with van der Waals surface area (Å²) < 4.78 is 10.7. The second-order valence-electron chi connectivity index (χ2n) is 4.88. The van der Waals surface area contributed by atoms with Crippen molar-refractivity contribution in [3.8, 4) is 11.5 Å². The first-order valence-corrected chi connectivity index (χ1v) is 6.93. The minimum absolute atomic E-state index is 0.109. The lowest BCUT2D eigenvalue weighted by Crippen LogP contribution is -2.27. The van der Waals surface area contributed by atoms with Crippen molar-refractivity contribution in [2.75, 3.05) is 40.9 Å². The van der Waals surface area contributed by atoms with Crippen molar-refractivity contribution in [1.82, 2.24) is 10.2 Å². The van der Waals surface area contributed by atoms with Crippen molar-refractivity contribution in [2.24, 2.45) is 0 Å². The van der Waals surface area contributed by atoms with Gasteiger partial charge in [-0.25, -0.2) is 0 Å². The topological polar surface area (TPSA) is 50.8 Å². The highest BCUT2D eigenvalue weighted by Crippen LogP contribution is 2.28. The van der Waals surface area contributed by atoms with E-state index in [2.05, 4.69) is 16.8 Å². The standard InChI is InChI=1S/C16H24N2O3/c1-5-11-21-14-8-7-13(12-15(14)20-4)16(19)17-9-6-10-18(2)3/h5,7-8,12H,1,6,9-11H2,2-4H3,(H,17,19). The molecule has 5 nitrogen and oxygen atoms in total. The van der Waals surface area contributed by atoms with Crippen LogP contribution >= 0.6 is 0 Å². The Morgan fingerprint density at radius 1 is 1.38 bits per heavy atom. The number of carbonyl (C=O) groups excluding carboxylic acids is 1. The Morgan fingerprint density at radius 2 is 2.14 bits per heavy atom. The Hall–Kier alpha value is -2.01.